The van der Waals surface area contributed by atoms with Gasteiger partial charge in [0.2, 0.25) is 5.75 Å². The highest BCUT2D eigenvalue weighted by molar-refractivity contribution is 6.03. The van der Waals surface area contributed by atoms with Crippen molar-refractivity contribution in [1.82, 2.24) is 14.7 Å². The van der Waals surface area contributed by atoms with E-state index in [0.717, 1.165) is 48.3 Å². The lowest BCUT2D eigenvalue weighted by Gasteiger charge is -2.17. The zero-order chi connectivity index (χ0) is 18.3. The van der Waals surface area contributed by atoms with Gasteiger partial charge in [-0.1, -0.05) is 26.0 Å². The summed E-state index contributed by atoms with van der Waals surface area (Å²) in [7, 11) is 0. The first kappa shape index (κ1) is 16.5. The number of aromatic nitrogens is 2. The van der Waals surface area contributed by atoms with Crippen molar-refractivity contribution in [3.8, 4) is 22.8 Å². The summed E-state index contributed by atoms with van der Waals surface area (Å²) in [6.07, 6.45) is 0. The summed E-state index contributed by atoms with van der Waals surface area (Å²) in [5, 5.41) is 17.0. The molecule has 26 heavy (non-hydrogen) atoms. The van der Waals surface area contributed by atoms with Crippen molar-refractivity contribution in [2.45, 2.75) is 20.4 Å². The largest absolute Gasteiger partial charge is 0.449 e. The van der Waals surface area contributed by atoms with E-state index in [9.17, 15) is 10.1 Å². The lowest BCUT2D eigenvalue weighted by atomic mass is 10.0. The maximum atomic E-state index is 11.5. The maximum absolute atomic E-state index is 11.5. The Bertz CT molecular complexity index is 992. The fourth-order valence-corrected chi connectivity index (χ4v) is 3.47. The van der Waals surface area contributed by atoms with E-state index < -0.39 is 4.92 Å². The SMILES string of the molecule is CCN(CC)CCn1nc2c3c(c([N+](=O)[O-])ccc31)Oc1ccccc1-2. The molecule has 0 bridgehead atoms. The van der Waals surface area contributed by atoms with E-state index in [1.807, 2.05) is 28.9 Å². The molecule has 0 aliphatic carbocycles. The zero-order valence-electron chi connectivity index (χ0n) is 14.8. The number of hydrogen-bond acceptors (Lipinski definition) is 5. The standard InChI is InChI=1S/C19H20N4O3/c1-3-21(4-2)11-12-22-14-9-10-15(23(24)25)19-17(14)18(20-22)13-7-5-6-8-16(13)26-19/h5-10H,3-4,11-12H2,1-2H3. The topological polar surface area (TPSA) is 73.4 Å². The molecule has 0 atom stereocenters. The van der Waals surface area contributed by atoms with Gasteiger partial charge in [-0.15, -0.1) is 0 Å². The fourth-order valence-electron chi connectivity index (χ4n) is 3.47. The number of ether oxygens (including phenoxy) is 1. The van der Waals surface area contributed by atoms with Gasteiger partial charge in [-0.05, 0) is 31.3 Å². The molecule has 0 unspecified atom stereocenters. The first-order valence-corrected chi connectivity index (χ1v) is 8.81. The molecule has 0 spiro atoms. The Labute approximate surface area is 150 Å². The smallest absolute Gasteiger partial charge is 0.312 e. The molecule has 7 nitrogen and oxygen atoms in total. The second-order valence-corrected chi connectivity index (χ2v) is 6.26. The maximum Gasteiger partial charge on any atom is 0.312 e. The molecule has 1 aliphatic heterocycles. The number of likely N-dealkylation sites (N-methyl/N-ethyl adjacent to an activating group) is 1. The van der Waals surface area contributed by atoms with Gasteiger partial charge in [-0.2, -0.15) is 5.10 Å². The highest BCUT2D eigenvalue weighted by atomic mass is 16.6. The molecule has 0 saturated heterocycles. The second kappa shape index (κ2) is 6.42. The minimum absolute atomic E-state index is 0.0310. The monoisotopic (exact) mass is 352 g/mol. The van der Waals surface area contributed by atoms with Gasteiger partial charge in [0.1, 0.15) is 11.4 Å². The van der Waals surface area contributed by atoms with Crippen LogP contribution in [0.15, 0.2) is 36.4 Å². The Balaban J connectivity index is 1.88. The van der Waals surface area contributed by atoms with Crippen LogP contribution in [0.3, 0.4) is 0 Å². The molecule has 1 aliphatic rings. The van der Waals surface area contributed by atoms with Crippen molar-refractivity contribution in [1.29, 1.82) is 0 Å². The third-order valence-corrected chi connectivity index (χ3v) is 4.92. The van der Waals surface area contributed by atoms with Gasteiger partial charge in [0, 0.05) is 18.2 Å². The number of nitro benzene ring substituents is 1. The Morgan fingerprint density at radius 3 is 2.69 bits per heavy atom. The van der Waals surface area contributed by atoms with Crippen LogP contribution in [0.2, 0.25) is 0 Å². The molecule has 0 saturated carbocycles. The molecule has 3 aromatic rings. The summed E-state index contributed by atoms with van der Waals surface area (Å²) < 4.78 is 7.85. The van der Waals surface area contributed by atoms with Crippen molar-refractivity contribution in [2.75, 3.05) is 19.6 Å². The second-order valence-electron chi connectivity index (χ2n) is 6.26. The molecule has 4 rings (SSSR count). The predicted molar refractivity (Wildman–Crippen MR) is 99.7 cm³/mol. The van der Waals surface area contributed by atoms with Crippen molar-refractivity contribution in [3.05, 3.63) is 46.5 Å². The Morgan fingerprint density at radius 2 is 1.96 bits per heavy atom. The minimum atomic E-state index is -0.403. The molecule has 0 N–H and O–H groups in total. The van der Waals surface area contributed by atoms with E-state index in [1.54, 1.807) is 6.07 Å². The average Bonchev–Trinajstić information content (AvgIpc) is 3.03. The summed E-state index contributed by atoms with van der Waals surface area (Å²) in [5.41, 5.74) is 2.45. The number of nitrogens with zero attached hydrogens (tertiary/aromatic N) is 4. The van der Waals surface area contributed by atoms with Crippen LogP contribution in [0.25, 0.3) is 22.2 Å². The van der Waals surface area contributed by atoms with Crippen LogP contribution in [-0.2, 0) is 6.54 Å². The zero-order valence-corrected chi connectivity index (χ0v) is 14.8. The third kappa shape index (κ3) is 2.52. The minimum Gasteiger partial charge on any atom is -0.449 e. The van der Waals surface area contributed by atoms with Crippen LogP contribution in [-0.4, -0.2) is 39.2 Å². The summed E-state index contributed by atoms with van der Waals surface area (Å²) in [4.78, 5) is 13.4. The van der Waals surface area contributed by atoms with Crippen LogP contribution < -0.4 is 4.74 Å². The molecule has 2 heterocycles. The highest BCUT2D eigenvalue weighted by Crippen LogP contribution is 2.49. The summed E-state index contributed by atoms with van der Waals surface area (Å²) >= 11 is 0. The molecular weight excluding hydrogens is 332 g/mol. The van der Waals surface area contributed by atoms with E-state index in [0.29, 0.717) is 5.75 Å². The highest BCUT2D eigenvalue weighted by Gasteiger charge is 2.30. The number of rotatable bonds is 6. The van der Waals surface area contributed by atoms with Crippen molar-refractivity contribution < 1.29 is 9.66 Å². The van der Waals surface area contributed by atoms with Crippen molar-refractivity contribution >= 4 is 16.6 Å². The van der Waals surface area contributed by atoms with E-state index in [4.69, 9.17) is 9.84 Å². The normalized spacial score (nSPS) is 12.3. The molecule has 134 valence electrons. The molecule has 1 aromatic heterocycles. The molecule has 0 fully saturated rings. The van der Waals surface area contributed by atoms with Crippen LogP contribution in [0.1, 0.15) is 13.8 Å². The predicted octanol–water partition coefficient (Wildman–Crippen LogP) is 4.06. The number of para-hydroxylation sites is 1. The third-order valence-electron chi connectivity index (χ3n) is 4.92. The van der Waals surface area contributed by atoms with Gasteiger partial charge in [0.25, 0.3) is 0 Å². The van der Waals surface area contributed by atoms with E-state index in [2.05, 4.69) is 18.7 Å². The summed E-state index contributed by atoms with van der Waals surface area (Å²) in [5.74, 6) is 0.889. The van der Waals surface area contributed by atoms with Gasteiger partial charge in [0.05, 0.1) is 22.4 Å². The van der Waals surface area contributed by atoms with Gasteiger partial charge >= 0.3 is 5.69 Å². The Morgan fingerprint density at radius 1 is 1.19 bits per heavy atom. The van der Waals surface area contributed by atoms with Gasteiger partial charge in [-0.25, -0.2) is 0 Å². The first-order chi connectivity index (χ1) is 12.6. The molecular formula is C19H20N4O3. The van der Waals surface area contributed by atoms with Gasteiger partial charge < -0.3 is 9.64 Å². The van der Waals surface area contributed by atoms with Crippen molar-refractivity contribution in [3.63, 3.8) is 0 Å². The lowest BCUT2D eigenvalue weighted by molar-refractivity contribution is -0.385. The molecule has 0 radical (unpaired) electrons. The molecule has 2 aromatic carbocycles. The summed E-state index contributed by atoms with van der Waals surface area (Å²) in [6.45, 7) is 7.82. The van der Waals surface area contributed by atoms with Crippen LogP contribution >= 0.6 is 0 Å². The van der Waals surface area contributed by atoms with Crippen molar-refractivity contribution in [2.24, 2.45) is 0 Å². The van der Waals surface area contributed by atoms with E-state index in [-0.39, 0.29) is 11.4 Å². The summed E-state index contributed by atoms with van der Waals surface area (Å²) in [6, 6.07) is 10.8. The van der Waals surface area contributed by atoms with Gasteiger partial charge in [0.15, 0.2) is 0 Å². The molecule has 7 heteroatoms. The van der Waals surface area contributed by atoms with Crippen LogP contribution in [0, 0.1) is 10.1 Å². The average molecular weight is 352 g/mol. The van der Waals surface area contributed by atoms with Gasteiger partial charge in [-0.3, -0.25) is 14.8 Å². The lowest BCUT2D eigenvalue weighted by Crippen LogP contribution is -2.27. The number of fused-ring (bicyclic) bond motifs is 2. The number of nitro groups is 1. The van der Waals surface area contributed by atoms with Crippen LogP contribution in [0.5, 0.6) is 11.5 Å². The Hall–Kier alpha value is -2.93. The quantitative estimate of drug-likeness (QED) is 0.386. The van der Waals surface area contributed by atoms with E-state index in [1.165, 1.54) is 6.07 Å². The number of hydrogen-bond donors (Lipinski definition) is 0. The fraction of sp³-hybridized carbons (Fsp3) is 0.316. The van der Waals surface area contributed by atoms with E-state index >= 15 is 0 Å². The number of benzene rings is 2. The molecule has 0 amide bonds. The van der Waals surface area contributed by atoms with Crippen LogP contribution in [0.4, 0.5) is 5.69 Å². The Kier molecular flexibility index (Phi) is 4.08. The first-order valence-electron chi connectivity index (χ1n) is 8.81.